The van der Waals surface area contributed by atoms with E-state index in [1.807, 2.05) is 0 Å². The predicted octanol–water partition coefficient (Wildman–Crippen LogP) is 4.53. The lowest BCUT2D eigenvalue weighted by atomic mass is 10.2. The molecular formula is C16H20Br2O4S4. The van der Waals surface area contributed by atoms with Crippen molar-refractivity contribution >= 4 is 78.9 Å². The van der Waals surface area contributed by atoms with Gasteiger partial charge < -0.3 is 20.4 Å². The highest BCUT2D eigenvalue weighted by Gasteiger charge is 2.46. The Morgan fingerprint density at radius 3 is 0.962 bits per heavy atom. The van der Waals surface area contributed by atoms with E-state index in [4.69, 9.17) is 0 Å². The molecule has 0 atom stereocenters. The van der Waals surface area contributed by atoms with Gasteiger partial charge in [0.15, 0.2) is 0 Å². The molecule has 10 heteroatoms. The largest absolute Gasteiger partial charge is 0.396 e. The van der Waals surface area contributed by atoms with E-state index in [1.165, 1.54) is 0 Å². The Morgan fingerprint density at radius 2 is 0.769 bits per heavy atom. The van der Waals surface area contributed by atoms with Crippen molar-refractivity contribution in [2.45, 2.75) is 53.4 Å². The molecule has 2 heterocycles. The SMILES string of the molecule is OCCC1(CCO)Sc2c(Br)c3c(c(Br)c2S1)SC(CCO)(CCO)S3. The Bertz CT molecular complexity index is 579. The number of rotatable bonds is 8. The third kappa shape index (κ3) is 4.02. The summed E-state index contributed by atoms with van der Waals surface area (Å²) in [6, 6.07) is 0. The van der Waals surface area contributed by atoms with Crippen LogP contribution < -0.4 is 0 Å². The summed E-state index contributed by atoms with van der Waals surface area (Å²) >= 11 is 14.4. The number of halogens is 2. The highest BCUT2D eigenvalue weighted by atomic mass is 79.9. The van der Waals surface area contributed by atoms with Gasteiger partial charge in [-0.2, -0.15) is 0 Å². The molecule has 3 rings (SSSR count). The molecule has 0 saturated heterocycles. The third-order valence-electron chi connectivity index (χ3n) is 4.33. The third-order valence-corrected chi connectivity index (χ3v) is 13.8. The van der Waals surface area contributed by atoms with Crippen LogP contribution in [0.15, 0.2) is 28.5 Å². The summed E-state index contributed by atoms with van der Waals surface area (Å²) in [5.41, 5.74) is 0. The van der Waals surface area contributed by atoms with Gasteiger partial charge in [-0.15, -0.1) is 47.0 Å². The lowest BCUT2D eigenvalue weighted by Crippen LogP contribution is -2.21. The van der Waals surface area contributed by atoms with Crippen LogP contribution >= 0.6 is 78.9 Å². The van der Waals surface area contributed by atoms with Gasteiger partial charge >= 0.3 is 0 Å². The van der Waals surface area contributed by atoms with Crippen LogP contribution in [-0.2, 0) is 0 Å². The average molecular weight is 564 g/mol. The van der Waals surface area contributed by atoms with Gasteiger partial charge in [0.2, 0.25) is 0 Å². The van der Waals surface area contributed by atoms with Gasteiger partial charge in [0, 0.05) is 55.0 Å². The van der Waals surface area contributed by atoms with Crippen molar-refractivity contribution in [2.75, 3.05) is 26.4 Å². The van der Waals surface area contributed by atoms with Gasteiger partial charge in [0.05, 0.1) is 8.16 Å². The van der Waals surface area contributed by atoms with Crippen molar-refractivity contribution in [3.05, 3.63) is 8.95 Å². The number of fused-ring (bicyclic) bond motifs is 2. The monoisotopic (exact) mass is 562 g/mol. The molecular weight excluding hydrogens is 544 g/mol. The van der Waals surface area contributed by atoms with Crippen molar-refractivity contribution in [1.29, 1.82) is 0 Å². The van der Waals surface area contributed by atoms with Crippen LogP contribution in [0.1, 0.15) is 25.7 Å². The normalized spacial score (nSPS) is 19.6. The Labute approximate surface area is 186 Å². The first kappa shape index (κ1) is 22.1. The fourth-order valence-corrected chi connectivity index (χ4v) is 11.9. The van der Waals surface area contributed by atoms with E-state index in [2.05, 4.69) is 31.9 Å². The van der Waals surface area contributed by atoms with Gasteiger partial charge in [-0.1, -0.05) is 0 Å². The molecule has 4 nitrogen and oxygen atoms in total. The van der Waals surface area contributed by atoms with Gasteiger partial charge in [0.1, 0.15) is 0 Å². The zero-order valence-corrected chi connectivity index (χ0v) is 20.3. The summed E-state index contributed by atoms with van der Waals surface area (Å²) in [7, 11) is 0. The molecule has 0 spiro atoms. The maximum atomic E-state index is 9.50. The molecule has 146 valence electrons. The molecule has 0 aliphatic carbocycles. The quantitative estimate of drug-likeness (QED) is 0.367. The number of hydrogen-bond acceptors (Lipinski definition) is 8. The van der Waals surface area contributed by atoms with Crippen LogP contribution in [0.3, 0.4) is 0 Å². The maximum Gasteiger partial charge on any atom is 0.0750 e. The van der Waals surface area contributed by atoms with E-state index >= 15 is 0 Å². The lowest BCUT2D eigenvalue weighted by molar-refractivity contribution is 0.253. The van der Waals surface area contributed by atoms with Crippen LogP contribution in [0.2, 0.25) is 0 Å². The Morgan fingerprint density at radius 1 is 0.538 bits per heavy atom. The number of hydrogen-bond donors (Lipinski definition) is 4. The van der Waals surface area contributed by atoms with Crippen molar-refractivity contribution in [1.82, 2.24) is 0 Å². The van der Waals surface area contributed by atoms with E-state index < -0.39 is 0 Å². The molecule has 0 aromatic heterocycles. The second-order valence-corrected chi connectivity index (χ2v) is 13.7. The van der Waals surface area contributed by atoms with Crippen LogP contribution in [0.4, 0.5) is 0 Å². The number of aliphatic hydroxyl groups excluding tert-OH is 4. The highest BCUT2D eigenvalue weighted by molar-refractivity contribution is 9.11. The summed E-state index contributed by atoms with van der Waals surface area (Å²) in [6.45, 7) is 0.343. The van der Waals surface area contributed by atoms with Gasteiger partial charge in [-0.25, -0.2) is 0 Å². The molecule has 4 N–H and O–H groups in total. The van der Waals surface area contributed by atoms with Crippen LogP contribution in [0.25, 0.3) is 0 Å². The van der Waals surface area contributed by atoms with Gasteiger partial charge in [-0.05, 0) is 57.5 Å². The van der Waals surface area contributed by atoms with Crippen molar-refractivity contribution in [3.8, 4) is 0 Å². The van der Waals surface area contributed by atoms with E-state index in [0.29, 0.717) is 25.7 Å². The second-order valence-electron chi connectivity index (χ2n) is 6.07. The smallest absolute Gasteiger partial charge is 0.0750 e. The fourth-order valence-electron chi connectivity index (χ4n) is 3.09. The molecule has 0 fully saturated rings. The zero-order valence-electron chi connectivity index (χ0n) is 13.8. The first-order valence-corrected chi connectivity index (χ1v) is 13.0. The minimum absolute atomic E-state index is 0.0859. The Hall–Kier alpha value is 1.42. The summed E-state index contributed by atoms with van der Waals surface area (Å²) < 4.78 is 1.57. The molecule has 1 aromatic carbocycles. The van der Waals surface area contributed by atoms with Crippen molar-refractivity contribution < 1.29 is 20.4 Å². The number of thioether (sulfide) groups is 4. The molecule has 1 aromatic rings. The van der Waals surface area contributed by atoms with Crippen LogP contribution in [0.5, 0.6) is 0 Å². The van der Waals surface area contributed by atoms with E-state index in [0.717, 1.165) is 28.5 Å². The van der Waals surface area contributed by atoms with Crippen LogP contribution in [-0.4, -0.2) is 55.0 Å². The Balaban J connectivity index is 2.00. The molecule has 0 saturated carbocycles. The van der Waals surface area contributed by atoms with E-state index in [-0.39, 0.29) is 34.6 Å². The second kappa shape index (κ2) is 9.06. The van der Waals surface area contributed by atoms with Crippen molar-refractivity contribution in [3.63, 3.8) is 0 Å². The number of benzene rings is 1. The zero-order chi connectivity index (χ0) is 18.9. The molecule has 0 radical (unpaired) electrons. The average Bonchev–Trinajstić information content (AvgIpc) is 3.15. The molecule has 2 aliphatic rings. The summed E-state index contributed by atoms with van der Waals surface area (Å²) in [4.78, 5) is 4.55. The summed E-state index contributed by atoms with van der Waals surface area (Å²) in [5.74, 6) is 0. The minimum atomic E-state index is -0.255. The van der Waals surface area contributed by atoms with Gasteiger partial charge in [-0.3, -0.25) is 0 Å². The minimum Gasteiger partial charge on any atom is -0.396 e. The van der Waals surface area contributed by atoms with Crippen molar-refractivity contribution in [2.24, 2.45) is 0 Å². The van der Waals surface area contributed by atoms with E-state index in [1.54, 1.807) is 47.0 Å². The first-order valence-electron chi connectivity index (χ1n) is 8.19. The summed E-state index contributed by atoms with van der Waals surface area (Å²) in [6.07, 6.45) is 2.45. The lowest BCUT2D eigenvalue weighted by Gasteiger charge is -2.26. The molecule has 0 amide bonds. The molecule has 2 aliphatic heterocycles. The first-order chi connectivity index (χ1) is 12.4. The summed E-state index contributed by atoms with van der Waals surface area (Å²) in [5, 5.41) is 38.0. The molecule has 0 bridgehead atoms. The highest BCUT2D eigenvalue weighted by Crippen LogP contribution is 2.70. The standard InChI is InChI=1S/C16H20Br2O4S4/c17-9-11-12(24-15(23-11,1-5-19)2-6-20)10(18)14-13(9)25-16(26-14,3-7-21)4-8-22/h19-22H,1-8H2. The Kier molecular flexibility index (Phi) is 7.70. The number of aliphatic hydroxyl groups is 4. The predicted molar refractivity (Wildman–Crippen MR) is 118 cm³/mol. The topological polar surface area (TPSA) is 80.9 Å². The van der Waals surface area contributed by atoms with Crippen LogP contribution in [0, 0.1) is 0 Å². The molecule has 26 heavy (non-hydrogen) atoms. The van der Waals surface area contributed by atoms with E-state index in [9.17, 15) is 20.4 Å². The molecule has 0 unspecified atom stereocenters. The maximum absolute atomic E-state index is 9.50. The van der Waals surface area contributed by atoms with Gasteiger partial charge in [0.25, 0.3) is 0 Å². The fraction of sp³-hybridized carbons (Fsp3) is 0.625.